The summed E-state index contributed by atoms with van der Waals surface area (Å²) in [5, 5.41) is 0.426. The van der Waals surface area contributed by atoms with Crippen molar-refractivity contribution < 1.29 is 14.3 Å². The molecule has 25 heavy (non-hydrogen) atoms. The number of nitrogens with zero attached hydrogens (tertiary/aromatic N) is 1. The van der Waals surface area contributed by atoms with E-state index in [0.717, 1.165) is 5.56 Å². The van der Waals surface area contributed by atoms with Crippen molar-refractivity contribution in [2.24, 2.45) is 0 Å². The molecule has 1 fully saturated rings. The molecule has 1 atom stereocenters. The normalized spacial score (nSPS) is 17.3. The van der Waals surface area contributed by atoms with Crippen LogP contribution in [0.3, 0.4) is 0 Å². The molecule has 2 aromatic rings. The van der Waals surface area contributed by atoms with Crippen LogP contribution < -0.4 is 0 Å². The molecule has 1 heterocycles. The van der Waals surface area contributed by atoms with E-state index >= 15 is 0 Å². The first kappa shape index (κ1) is 17.6. The first-order chi connectivity index (χ1) is 12.1. The van der Waals surface area contributed by atoms with Gasteiger partial charge in [0.25, 0.3) is 0 Å². The summed E-state index contributed by atoms with van der Waals surface area (Å²) >= 11 is 6.04. The smallest absolute Gasteiger partial charge is 0.223 e. The zero-order chi connectivity index (χ0) is 17.6. The minimum Gasteiger partial charge on any atom is -0.370 e. The van der Waals surface area contributed by atoms with Crippen LogP contribution in [-0.2, 0) is 9.53 Å². The van der Waals surface area contributed by atoms with Gasteiger partial charge in [0.1, 0.15) is 6.10 Å². The predicted octanol–water partition coefficient (Wildman–Crippen LogP) is 3.90. The first-order valence-electron chi connectivity index (χ1n) is 8.37. The Morgan fingerprint density at radius 3 is 2.52 bits per heavy atom. The lowest BCUT2D eigenvalue weighted by molar-refractivity contribution is -0.139. The molecule has 0 bridgehead atoms. The lowest BCUT2D eigenvalue weighted by Crippen LogP contribution is -2.42. The van der Waals surface area contributed by atoms with E-state index in [-0.39, 0.29) is 30.6 Å². The molecular weight excluding hydrogens is 338 g/mol. The Morgan fingerprint density at radius 2 is 1.76 bits per heavy atom. The van der Waals surface area contributed by atoms with Crippen molar-refractivity contribution in [3.05, 3.63) is 70.7 Å². The second-order valence-corrected chi connectivity index (χ2v) is 6.42. The zero-order valence-corrected chi connectivity index (χ0v) is 14.6. The number of benzene rings is 2. The summed E-state index contributed by atoms with van der Waals surface area (Å²) < 4.78 is 5.78. The Hall–Kier alpha value is -2.17. The predicted molar refractivity (Wildman–Crippen MR) is 96.7 cm³/mol. The van der Waals surface area contributed by atoms with Gasteiger partial charge >= 0.3 is 0 Å². The molecule has 0 radical (unpaired) electrons. The Bertz CT molecular complexity index is 748. The maximum absolute atomic E-state index is 12.5. The lowest BCUT2D eigenvalue weighted by atomic mass is 10.0. The quantitative estimate of drug-likeness (QED) is 0.762. The Balaban J connectivity index is 1.56. The van der Waals surface area contributed by atoms with Crippen LogP contribution in [0.25, 0.3) is 0 Å². The van der Waals surface area contributed by atoms with Gasteiger partial charge in [-0.2, -0.15) is 0 Å². The minimum absolute atomic E-state index is 0.0235. The van der Waals surface area contributed by atoms with E-state index < -0.39 is 0 Å². The van der Waals surface area contributed by atoms with E-state index in [1.807, 2.05) is 30.3 Å². The number of rotatable bonds is 5. The summed E-state index contributed by atoms with van der Waals surface area (Å²) in [6, 6.07) is 16.8. The molecule has 1 saturated heterocycles. The molecule has 3 rings (SSSR count). The summed E-state index contributed by atoms with van der Waals surface area (Å²) in [6.07, 6.45) is 0.236. The molecule has 1 aliphatic rings. The van der Waals surface area contributed by atoms with Gasteiger partial charge in [0.15, 0.2) is 5.78 Å². The van der Waals surface area contributed by atoms with Crippen LogP contribution in [0.15, 0.2) is 54.6 Å². The van der Waals surface area contributed by atoms with E-state index in [4.69, 9.17) is 16.3 Å². The maximum Gasteiger partial charge on any atom is 0.223 e. The Kier molecular flexibility index (Phi) is 5.84. The number of hydrogen-bond acceptors (Lipinski definition) is 3. The second kappa shape index (κ2) is 8.28. The average Bonchev–Trinajstić information content (AvgIpc) is 2.67. The highest BCUT2D eigenvalue weighted by molar-refractivity contribution is 6.34. The Labute approximate surface area is 152 Å². The zero-order valence-electron chi connectivity index (χ0n) is 13.9. The number of carbonyl (C=O) groups is 2. The van der Waals surface area contributed by atoms with Crippen molar-refractivity contribution in [2.45, 2.75) is 18.9 Å². The maximum atomic E-state index is 12.5. The highest BCUT2D eigenvalue weighted by atomic mass is 35.5. The number of ether oxygens (including phenoxy) is 1. The fraction of sp³-hybridized carbons (Fsp3) is 0.300. The summed E-state index contributed by atoms with van der Waals surface area (Å²) in [5.41, 5.74) is 1.54. The molecule has 0 saturated carbocycles. The van der Waals surface area contributed by atoms with Crippen molar-refractivity contribution >= 4 is 23.3 Å². The summed E-state index contributed by atoms with van der Waals surface area (Å²) in [5.74, 6) is -0.128. The van der Waals surface area contributed by atoms with Crippen molar-refractivity contribution in [2.75, 3.05) is 19.7 Å². The fourth-order valence-electron chi connectivity index (χ4n) is 2.95. The number of Topliss-reactive ketones (excluding diaryl/α,β-unsaturated/α-hetero) is 1. The van der Waals surface area contributed by atoms with Gasteiger partial charge in [0, 0.05) is 24.9 Å². The van der Waals surface area contributed by atoms with Gasteiger partial charge in [-0.1, -0.05) is 54.1 Å². The molecule has 5 heteroatoms. The molecular formula is C20H20ClNO3. The third-order valence-corrected chi connectivity index (χ3v) is 4.66. The second-order valence-electron chi connectivity index (χ2n) is 6.01. The summed E-state index contributed by atoms with van der Waals surface area (Å²) in [6.45, 7) is 1.58. The van der Waals surface area contributed by atoms with E-state index in [2.05, 4.69) is 0 Å². The molecule has 1 amide bonds. The van der Waals surface area contributed by atoms with Gasteiger partial charge < -0.3 is 9.64 Å². The molecule has 0 N–H and O–H groups in total. The number of morpholine rings is 1. The first-order valence-corrected chi connectivity index (χ1v) is 8.75. The minimum atomic E-state index is -0.113. The third-order valence-electron chi connectivity index (χ3n) is 4.33. The van der Waals surface area contributed by atoms with Gasteiger partial charge in [0.2, 0.25) is 5.91 Å². The highest BCUT2D eigenvalue weighted by Crippen LogP contribution is 2.23. The van der Waals surface area contributed by atoms with Crippen LogP contribution in [0.5, 0.6) is 0 Å². The molecule has 130 valence electrons. The van der Waals surface area contributed by atoms with Gasteiger partial charge in [-0.25, -0.2) is 0 Å². The van der Waals surface area contributed by atoms with Gasteiger partial charge in [-0.3, -0.25) is 9.59 Å². The monoisotopic (exact) mass is 357 g/mol. The molecule has 0 aromatic heterocycles. The topological polar surface area (TPSA) is 46.6 Å². The Morgan fingerprint density at radius 1 is 1.04 bits per heavy atom. The van der Waals surface area contributed by atoms with E-state index in [9.17, 15) is 9.59 Å². The number of amides is 1. The van der Waals surface area contributed by atoms with Gasteiger partial charge in [-0.15, -0.1) is 0 Å². The van der Waals surface area contributed by atoms with E-state index in [1.165, 1.54) is 0 Å². The van der Waals surface area contributed by atoms with Crippen LogP contribution >= 0.6 is 11.6 Å². The van der Waals surface area contributed by atoms with Crippen molar-refractivity contribution in [3.8, 4) is 0 Å². The largest absolute Gasteiger partial charge is 0.370 e. The van der Waals surface area contributed by atoms with Crippen LogP contribution in [-0.4, -0.2) is 36.3 Å². The molecule has 1 unspecified atom stereocenters. The van der Waals surface area contributed by atoms with E-state index in [0.29, 0.717) is 30.3 Å². The van der Waals surface area contributed by atoms with Crippen LogP contribution in [0, 0.1) is 0 Å². The van der Waals surface area contributed by atoms with Crippen LogP contribution in [0.4, 0.5) is 0 Å². The number of hydrogen-bond donors (Lipinski definition) is 0. The van der Waals surface area contributed by atoms with Crippen molar-refractivity contribution in [1.29, 1.82) is 0 Å². The molecule has 4 nitrogen and oxygen atoms in total. The average molecular weight is 358 g/mol. The molecule has 0 aliphatic carbocycles. The lowest BCUT2D eigenvalue weighted by Gasteiger charge is -2.33. The number of ketones is 1. The third kappa shape index (κ3) is 4.47. The summed E-state index contributed by atoms with van der Waals surface area (Å²) in [4.78, 5) is 26.5. The van der Waals surface area contributed by atoms with Crippen LogP contribution in [0.1, 0.15) is 34.9 Å². The number of carbonyl (C=O) groups excluding carboxylic acids is 2. The van der Waals surface area contributed by atoms with Gasteiger partial charge in [0.05, 0.1) is 18.2 Å². The van der Waals surface area contributed by atoms with Crippen molar-refractivity contribution in [1.82, 2.24) is 4.90 Å². The molecule has 1 aliphatic heterocycles. The van der Waals surface area contributed by atoms with Crippen LogP contribution in [0.2, 0.25) is 5.02 Å². The number of halogens is 1. The standard InChI is InChI=1S/C20H20ClNO3/c21-17-9-5-4-8-16(17)18(23)10-11-20(24)22-12-13-25-19(14-22)15-6-2-1-3-7-15/h1-9,19H,10-14H2. The molecule has 0 spiro atoms. The van der Waals surface area contributed by atoms with E-state index in [1.54, 1.807) is 29.2 Å². The highest BCUT2D eigenvalue weighted by Gasteiger charge is 2.25. The fourth-order valence-corrected chi connectivity index (χ4v) is 3.19. The SMILES string of the molecule is O=C(CCC(=O)N1CCOC(c2ccccc2)C1)c1ccccc1Cl. The van der Waals surface area contributed by atoms with Gasteiger partial charge in [-0.05, 0) is 17.7 Å². The van der Waals surface area contributed by atoms with Crippen molar-refractivity contribution in [3.63, 3.8) is 0 Å². The molecule has 2 aromatic carbocycles. The summed E-state index contributed by atoms with van der Waals surface area (Å²) in [7, 11) is 0.